The zero-order valence-corrected chi connectivity index (χ0v) is 26.1. The zero-order chi connectivity index (χ0) is 31.9. The number of aryl methyl sites for hydroxylation is 1. The van der Waals surface area contributed by atoms with Crippen molar-refractivity contribution >= 4 is 23.6 Å². The van der Waals surface area contributed by atoms with Crippen molar-refractivity contribution in [1.29, 1.82) is 0 Å². The lowest BCUT2D eigenvalue weighted by Crippen LogP contribution is -2.59. The molecule has 4 aliphatic heterocycles. The van der Waals surface area contributed by atoms with Crippen molar-refractivity contribution in [3.63, 3.8) is 0 Å². The predicted octanol–water partition coefficient (Wildman–Crippen LogP) is 2.07. The van der Waals surface area contributed by atoms with Crippen LogP contribution in [0.4, 0.5) is 0 Å². The van der Waals surface area contributed by atoms with Crippen molar-refractivity contribution in [1.82, 2.24) is 20.4 Å². The molecule has 0 spiro atoms. The zero-order valence-electron chi connectivity index (χ0n) is 26.1. The lowest BCUT2D eigenvalue weighted by Gasteiger charge is -2.41. The van der Waals surface area contributed by atoms with E-state index in [1.165, 1.54) is 7.11 Å². The molecule has 0 unspecified atom stereocenters. The molecule has 0 aliphatic carbocycles. The maximum Gasteiger partial charge on any atom is 0.258 e. The van der Waals surface area contributed by atoms with Crippen molar-refractivity contribution in [3.8, 4) is 23.0 Å². The van der Waals surface area contributed by atoms with Crippen LogP contribution in [-0.2, 0) is 32.1 Å². The minimum atomic E-state index is -0.503. The molecule has 6 rings (SSSR count). The molecular formula is C33H42N4O8. The van der Waals surface area contributed by atoms with Gasteiger partial charge in [0.05, 0.1) is 20.3 Å². The summed E-state index contributed by atoms with van der Waals surface area (Å²) >= 11 is 0. The van der Waals surface area contributed by atoms with Crippen molar-refractivity contribution in [3.05, 3.63) is 47.5 Å². The Morgan fingerprint density at radius 1 is 0.889 bits per heavy atom. The average molecular weight is 623 g/mol. The van der Waals surface area contributed by atoms with Crippen LogP contribution >= 0.6 is 0 Å². The first-order chi connectivity index (χ1) is 21.7. The Balaban J connectivity index is 1.37. The fraction of sp³-hybridized carbons (Fsp3) is 0.515. The molecule has 2 atom stereocenters. The number of methoxy groups -OCH3 is 2. The van der Waals surface area contributed by atoms with Gasteiger partial charge in [-0.25, -0.2) is 0 Å². The fourth-order valence-corrected chi connectivity index (χ4v) is 6.15. The highest BCUT2D eigenvalue weighted by Gasteiger charge is 2.37. The van der Waals surface area contributed by atoms with Gasteiger partial charge in [-0.2, -0.15) is 0 Å². The van der Waals surface area contributed by atoms with Gasteiger partial charge in [0.25, 0.3) is 5.91 Å². The van der Waals surface area contributed by atoms with Gasteiger partial charge in [-0.05, 0) is 49.1 Å². The number of fused-ring (bicyclic) bond motifs is 9. The first-order valence-corrected chi connectivity index (χ1v) is 15.5. The standard InChI is InChI=1S/C33H42N4O8/c1-21(38)36-13-10-23(11-14-36)33(41)37-15-12-27-26(19-37)35-32(40)20-44-30-16-22(4-8-28(30)42-2)5-9-31(39)34-18-24-6-7-25(45-27)17-29(24)43-3/h4,6-8,16-17,23,26-27H,5,9-15,18-20H2,1-3H3,(H,34,39)(H,35,40)/t26-,27+/m1/s1. The Morgan fingerprint density at radius 3 is 2.38 bits per heavy atom. The van der Waals surface area contributed by atoms with Crippen LogP contribution in [0.15, 0.2) is 36.4 Å². The smallest absolute Gasteiger partial charge is 0.258 e. The Labute approximate surface area is 263 Å². The summed E-state index contributed by atoms with van der Waals surface area (Å²) in [5, 5.41) is 6.00. The fourth-order valence-electron chi connectivity index (χ4n) is 6.15. The molecule has 2 N–H and O–H groups in total. The number of nitrogens with one attached hydrogen (secondary N) is 2. The summed E-state index contributed by atoms with van der Waals surface area (Å²) in [5.74, 6) is 1.41. The number of hydrogen-bond acceptors (Lipinski definition) is 8. The summed E-state index contributed by atoms with van der Waals surface area (Å²) in [5.41, 5.74) is 1.67. The molecule has 2 saturated heterocycles. The Kier molecular flexibility index (Phi) is 10.3. The predicted molar refractivity (Wildman–Crippen MR) is 164 cm³/mol. The third-order valence-electron chi connectivity index (χ3n) is 8.75. The van der Waals surface area contributed by atoms with Gasteiger partial charge in [-0.15, -0.1) is 0 Å². The summed E-state index contributed by atoms with van der Waals surface area (Å²) < 4.78 is 23.3. The van der Waals surface area contributed by atoms with Crippen molar-refractivity contribution < 1.29 is 38.1 Å². The number of carbonyl (C=O) groups excluding carboxylic acids is 4. The van der Waals surface area contributed by atoms with E-state index in [2.05, 4.69) is 10.6 Å². The van der Waals surface area contributed by atoms with Crippen LogP contribution in [0.1, 0.15) is 43.7 Å². The number of piperidine rings is 2. The van der Waals surface area contributed by atoms with E-state index in [0.717, 1.165) is 11.1 Å². The third-order valence-corrected chi connectivity index (χ3v) is 8.75. The Morgan fingerprint density at radius 2 is 1.64 bits per heavy atom. The minimum Gasteiger partial charge on any atom is -0.496 e. The molecule has 4 aliphatic rings. The second-order valence-electron chi connectivity index (χ2n) is 11.7. The van der Waals surface area contributed by atoms with Crippen molar-refractivity contribution in [2.75, 3.05) is 47.0 Å². The monoisotopic (exact) mass is 622 g/mol. The highest BCUT2D eigenvalue weighted by atomic mass is 16.5. The van der Waals surface area contributed by atoms with E-state index in [9.17, 15) is 19.2 Å². The molecule has 0 aromatic heterocycles. The minimum absolute atomic E-state index is 0.0235. The van der Waals surface area contributed by atoms with Gasteiger partial charge in [0.15, 0.2) is 18.1 Å². The van der Waals surface area contributed by atoms with Crippen LogP contribution in [0.25, 0.3) is 0 Å². The van der Waals surface area contributed by atoms with E-state index in [0.29, 0.717) is 74.9 Å². The van der Waals surface area contributed by atoms with Crippen LogP contribution in [0.5, 0.6) is 23.0 Å². The lowest BCUT2D eigenvalue weighted by molar-refractivity contribution is -0.142. The van der Waals surface area contributed by atoms with Gasteiger partial charge in [0.2, 0.25) is 17.7 Å². The molecule has 0 saturated carbocycles. The van der Waals surface area contributed by atoms with Gasteiger partial charge in [0.1, 0.15) is 17.6 Å². The molecule has 242 valence electrons. The summed E-state index contributed by atoms with van der Waals surface area (Å²) in [6, 6.07) is 10.3. The Hall–Kier alpha value is -4.48. The molecule has 45 heavy (non-hydrogen) atoms. The second kappa shape index (κ2) is 14.5. The van der Waals surface area contributed by atoms with Crippen molar-refractivity contribution in [2.45, 2.75) is 57.7 Å². The van der Waals surface area contributed by atoms with E-state index in [4.69, 9.17) is 18.9 Å². The Bertz CT molecular complexity index is 1410. The summed E-state index contributed by atoms with van der Waals surface area (Å²) in [4.78, 5) is 54.8. The highest BCUT2D eigenvalue weighted by Crippen LogP contribution is 2.30. The van der Waals surface area contributed by atoms with Gasteiger partial charge in [-0.3, -0.25) is 19.2 Å². The molecule has 4 bridgehead atoms. The second-order valence-corrected chi connectivity index (χ2v) is 11.7. The van der Waals surface area contributed by atoms with Crippen LogP contribution in [-0.4, -0.2) is 92.6 Å². The quantitative estimate of drug-likeness (QED) is 0.531. The normalized spacial score (nSPS) is 21.5. The molecule has 2 fully saturated rings. The van der Waals surface area contributed by atoms with Gasteiger partial charge in [-0.1, -0.05) is 6.07 Å². The number of nitrogens with zero attached hydrogens (tertiary/aromatic N) is 2. The number of carbonyl (C=O) groups is 4. The van der Waals surface area contributed by atoms with E-state index in [1.807, 2.05) is 18.2 Å². The highest BCUT2D eigenvalue weighted by molar-refractivity contribution is 5.81. The first-order valence-electron chi connectivity index (χ1n) is 15.5. The maximum atomic E-state index is 13.6. The largest absolute Gasteiger partial charge is 0.496 e. The van der Waals surface area contributed by atoms with E-state index in [-0.39, 0.29) is 49.1 Å². The van der Waals surface area contributed by atoms with Gasteiger partial charge < -0.3 is 39.4 Å². The molecule has 2 aromatic rings. The van der Waals surface area contributed by atoms with E-state index in [1.54, 1.807) is 42.0 Å². The van der Waals surface area contributed by atoms with Gasteiger partial charge >= 0.3 is 0 Å². The van der Waals surface area contributed by atoms with Crippen LogP contribution in [0.2, 0.25) is 0 Å². The number of hydrogen-bond donors (Lipinski definition) is 2. The molecule has 4 amide bonds. The van der Waals surface area contributed by atoms with Crippen LogP contribution < -0.4 is 29.6 Å². The van der Waals surface area contributed by atoms with Crippen LogP contribution in [0, 0.1) is 5.92 Å². The SMILES string of the molecule is COc1cc2ccc1CNC(=O)CCc1ccc(OC)c(c1)OCC(=O)N[C@@H]1CN(C(=O)C3CCN(C(C)=O)CC3)CC[C@@H]1O2. The molecule has 12 nitrogen and oxygen atoms in total. The molecular weight excluding hydrogens is 580 g/mol. The molecule has 2 aromatic carbocycles. The number of likely N-dealkylation sites (tertiary alicyclic amines) is 2. The molecule has 0 radical (unpaired) electrons. The van der Waals surface area contributed by atoms with Crippen molar-refractivity contribution in [2.24, 2.45) is 5.92 Å². The number of rotatable bonds is 3. The molecule has 4 heterocycles. The average Bonchev–Trinajstić information content (AvgIpc) is 3.05. The van der Waals surface area contributed by atoms with E-state index < -0.39 is 12.1 Å². The van der Waals surface area contributed by atoms with Crippen LogP contribution in [0.3, 0.4) is 0 Å². The number of benzene rings is 2. The summed E-state index contributed by atoms with van der Waals surface area (Å²) in [7, 11) is 3.09. The third kappa shape index (κ3) is 7.98. The first kappa shape index (κ1) is 31.9. The number of ether oxygens (including phenoxy) is 4. The maximum absolute atomic E-state index is 13.6. The van der Waals surface area contributed by atoms with Gasteiger partial charge in [0, 0.05) is 70.0 Å². The topological polar surface area (TPSA) is 136 Å². The summed E-state index contributed by atoms with van der Waals surface area (Å²) in [6.07, 6.45) is 2.06. The summed E-state index contributed by atoms with van der Waals surface area (Å²) in [6.45, 7) is 3.46. The van der Waals surface area contributed by atoms with E-state index >= 15 is 0 Å². The number of amides is 4. The molecule has 12 heteroatoms. The lowest BCUT2D eigenvalue weighted by atomic mass is 9.93.